The van der Waals surface area contributed by atoms with E-state index >= 15 is 0 Å². The van der Waals surface area contributed by atoms with Crippen LogP contribution < -0.4 is 10.6 Å². The number of aliphatic hydroxyl groups excluding tert-OH is 1. The fourth-order valence-electron chi connectivity index (χ4n) is 4.17. The van der Waals surface area contributed by atoms with Crippen LogP contribution in [0.4, 0.5) is 24.5 Å². The summed E-state index contributed by atoms with van der Waals surface area (Å²) in [5, 5.41) is 33.6. The van der Waals surface area contributed by atoms with Crippen molar-refractivity contribution >= 4 is 45.8 Å². The number of anilines is 2. The van der Waals surface area contributed by atoms with Crippen molar-refractivity contribution in [3.63, 3.8) is 0 Å². The lowest BCUT2D eigenvalue weighted by Crippen LogP contribution is -2.68. The third-order valence-electron chi connectivity index (χ3n) is 5.95. The van der Waals surface area contributed by atoms with Crippen LogP contribution in [0.3, 0.4) is 0 Å². The van der Waals surface area contributed by atoms with Gasteiger partial charge in [-0.3, -0.25) is 9.59 Å². The number of hydrogen-bond acceptors (Lipinski definition) is 6. The number of aliphatic carboxylic acids is 1. The highest BCUT2D eigenvalue weighted by molar-refractivity contribution is 14.1. The van der Waals surface area contributed by atoms with Crippen LogP contribution in [0, 0.1) is 21.0 Å². The van der Waals surface area contributed by atoms with Crippen LogP contribution in [0.25, 0.3) is 0 Å². The van der Waals surface area contributed by atoms with Crippen LogP contribution in [0.15, 0.2) is 30.3 Å². The zero-order chi connectivity index (χ0) is 26.6. The lowest BCUT2D eigenvalue weighted by atomic mass is 9.92. The molecule has 1 amide bonds. The molecule has 1 aliphatic heterocycles. The fraction of sp³-hybridized carbons (Fsp3) is 0.417. The first-order chi connectivity index (χ1) is 16.9. The van der Waals surface area contributed by atoms with Crippen molar-refractivity contribution in [2.45, 2.75) is 43.9 Å². The number of nitrogens with one attached hydrogen (secondary N) is 2. The molecule has 1 saturated carbocycles. The summed E-state index contributed by atoms with van der Waals surface area (Å²) >= 11 is 1.92. The molecule has 196 valence electrons. The molecule has 2 aromatic rings. The molecule has 0 aromatic heterocycles. The highest BCUT2D eigenvalue weighted by atomic mass is 127. The van der Waals surface area contributed by atoms with Gasteiger partial charge in [0.2, 0.25) is 0 Å². The highest BCUT2D eigenvalue weighted by Gasteiger charge is 2.45. The van der Waals surface area contributed by atoms with Crippen molar-refractivity contribution < 1.29 is 38.1 Å². The normalized spacial score (nSPS) is 20.2. The van der Waals surface area contributed by atoms with Crippen molar-refractivity contribution in [1.29, 1.82) is 0 Å². The molecule has 0 unspecified atom stereocenters. The summed E-state index contributed by atoms with van der Waals surface area (Å²) in [6.07, 6.45) is 2.00. The van der Waals surface area contributed by atoms with Gasteiger partial charge >= 0.3 is 0 Å². The second kappa shape index (κ2) is 11.8. The molecule has 36 heavy (non-hydrogen) atoms. The predicted molar refractivity (Wildman–Crippen MR) is 135 cm³/mol. The van der Waals surface area contributed by atoms with E-state index < -0.39 is 46.7 Å². The first-order valence-corrected chi connectivity index (χ1v) is 12.3. The number of carboxylic acids is 1. The minimum Gasteiger partial charge on any atom is -0.481 e. The topological polar surface area (TPSA) is 122 Å². The number of benzene rings is 2. The summed E-state index contributed by atoms with van der Waals surface area (Å²) in [6, 6.07) is 6.08. The van der Waals surface area contributed by atoms with E-state index in [0.717, 1.165) is 31.9 Å². The summed E-state index contributed by atoms with van der Waals surface area (Å²) in [5.74, 6) is -4.57. The van der Waals surface area contributed by atoms with Gasteiger partial charge in [-0.1, -0.05) is 0 Å². The van der Waals surface area contributed by atoms with Gasteiger partial charge in [0, 0.05) is 23.1 Å². The van der Waals surface area contributed by atoms with Crippen LogP contribution in [-0.4, -0.2) is 69.5 Å². The Morgan fingerprint density at radius 2 is 1.81 bits per heavy atom. The van der Waals surface area contributed by atoms with Crippen LogP contribution in [0.2, 0.25) is 0 Å². The maximum absolute atomic E-state index is 14.6. The van der Waals surface area contributed by atoms with Gasteiger partial charge in [-0.25, -0.2) is 13.2 Å². The summed E-state index contributed by atoms with van der Waals surface area (Å²) in [6.45, 7) is 1.28. The molecule has 2 aliphatic rings. The maximum atomic E-state index is 14.6. The van der Waals surface area contributed by atoms with E-state index in [4.69, 9.17) is 9.90 Å². The molecular weight excluding hydrogens is 594 g/mol. The van der Waals surface area contributed by atoms with Crippen molar-refractivity contribution in [3.05, 3.63) is 56.9 Å². The molecule has 0 bridgehead atoms. The number of amides is 1. The molecule has 0 spiro atoms. The zero-order valence-electron chi connectivity index (χ0n) is 19.4. The Bertz CT molecular complexity index is 1130. The summed E-state index contributed by atoms with van der Waals surface area (Å²) < 4.78 is 43.3. The van der Waals surface area contributed by atoms with E-state index in [1.807, 2.05) is 22.6 Å². The first-order valence-electron chi connectivity index (χ1n) is 11.2. The SMILES string of the molecule is CC(=O)O.O=C(c1ccc(F)c(F)c1Nc1ccc(I)cc1F)N1CC(O)(CN[C@H]2CCC[C@@H]2O)C1. The van der Waals surface area contributed by atoms with Crippen LogP contribution in [0.5, 0.6) is 0 Å². The Morgan fingerprint density at radius 3 is 2.39 bits per heavy atom. The van der Waals surface area contributed by atoms with Gasteiger partial charge in [0.05, 0.1) is 36.1 Å². The van der Waals surface area contributed by atoms with Gasteiger partial charge in [-0.15, -0.1) is 0 Å². The summed E-state index contributed by atoms with van der Waals surface area (Å²) in [7, 11) is 0. The van der Waals surface area contributed by atoms with Gasteiger partial charge in [0.1, 0.15) is 11.4 Å². The average molecular weight is 621 g/mol. The minimum absolute atomic E-state index is 0.00201. The average Bonchev–Trinajstić information content (AvgIpc) is 3.19. The minimum atomic E-state index is -1.29. The van der Waals surface area contributed by atoms with Gasteiger partial charge < -0.3 is 30.9 Å². The molecule has 12 heteroatoms. The quantitative estimate of drug-likeness (QED) is 0.314. The molecule has 1 aliphatic carbocycles. The number of hydrogen-bond donors (Lipinski definition) is 5. The van der Waals surface area contributed by atoms with Crippen LogP contribution >= 0.6 is 22.6 Å². The standard InChI is InChI=1S/C22H23F3IN3O3.C2H4O2/c23-14-6-5-13(20(19(14)25)28-16-7-4-12(26)8-15(16)24)21(31)29-10-22(32,11-29)9-27-17-2-1-3-18(17)30;1-2(3)4/h4-8,17-18,27-28,30,32H,1-3,9-11H2;1H3,(H,3,4)/t17-,18-;/m0./s1. The van der Waals surface area contributed by atoms with Gasteiger partial charge in [0.25, 0.3) is 11.9 Å². The molecule has 8 nitrogen and oxygen atoms in total. The Morgan fingerprint density at radius 1 is 1.14 bits per heavy atom. The molecule has 2 aromatic carbocycles. The number of nitrogens with zero attached hydrogens (tertiary/aromatic N) is 1. The fourth-order valence-corrected chi connectivity index (χ4v) is 4.62. The molecule has 0 radical (unpaired) electrons. The number of carboxylic acid groups (broad SMARTS) is 1. The van der Waals surface area contributed by atoms with E-state index in [0.29, 0.717) is 9.99 Å². The first kappa shape index (κ1) is 28.2. The predicted octanol–water partition coefficient (Wildman–Crippen LogP) is 3.23. The van der Waals surface area contributed by atoms with Crippen molar-refractivity contribution in [3.8, 4) is 0 Å². The summed E-state index contributed by atoms with van der Waals surface area (Å²) in [5.41, 5.74) is -1.89. The maximum Gasteiger partial charge on any atom is 0.300 e. The number of likely N-dealkylation sites (tertiary alicyclic amines) is 1. The lowest BCUT2D eigenvalue weighted by Gasteiger charge is -2.47. The number of aliphatic hydroxyl groups is 2. The molecule has 2 atom stereocenters. The molecule has 1 heterocycles. The monoisotopic (exact) mass is 621 g/mol. The largest absolute Gasteiger partial charge is 0.481 e. The van der Waals surface area contributed by atoms with Crippen LogP contribution in [0.1, 0.15) is 36.5 Å². The molecule has 2 fully saturated rings. The number of carbonyl (C=O) groups is 2. The van der Waals surface area contributed by atoms with E-state index in [9.17, 15) is 28.2 Å². The van der Waals surface area contributed by atoms with E-state index in [1.54, 1.807) is 6.07 Å². The van der Waals surface area contributed by atoms with Crippen molar-refractivity contribution in [2.75, 3.05) is 25.0 Å². The zero-order valence-corrected chi connectivity index (χ0v) is 21.6. The second-order valence-corrected chi connectivity index (χ2v) is 10.2. The van der Waals surface area contributed by atoms with Crippen molar-refractivity contribution in [2.24, 2.45) is 0 Å². The molecule has 1 saturated heterocycles. The number of β-amino-alcohol motifs (C(OH)–C–C–N with tert-alkyl or cyclic N) is 1. The van der Waals surface area contributed by atoms with Gasteiger partial charge in [-0.2, -0.15) is 0 Å². The molecule has 4 rings (SSSR count). The van der Waals surface area contributed by atoms with E-state index in [-0.39, 0.29) is 36.9 Å². The third kappa shape index (κ3) is 6.87. The van der Waals surface area contributed by atoms with Crippen molar-refractivity contribution in [1.82, 2.24) is 10.2 Å². The highest BCUT2D eigenvalue weighted by Crippen LogP contribution is 2.32. The number of rotatable bonds is 6. The second-order valence-electron chi connectivity index (χ2n) is 8.92. The van der Waals surface area contributed by atoms with E-state index in [2.05, 4.69) is 10.6 Å². The Hall–Kier alpha value is -2.42. The van der Waals surface area contributed by atoms with E-state index in [1.165, 1.54) is 17.0 Å². The summed E-state index contributed by atoms with van der Waals surface area (Å²) in [4.78, 5) is 23.3. The Balaban J connectivity index is 0.000000840. The van der Waals surface area contributed by atoms with Crippen LogP contribution in [-0.2, 0) is 4.79 Å². The lowest BCUT2D eigenvalue weighted by molar-refractivity contribution is -0.134. The van der Waals surface area contributed by atoms with Gasteiger partial charge in [-0.05, 0) is 72.2 Å². The smallest absolute Gasteiger partial charge is 0.300 e. The molecule has 5 N–H and O–H groups in total. The number of carbonyl (C=O) groups excluding carboxylic acids is 1. The Labute approximate surface area is 219 Å². The Kier molecular flexibility index (Phi) is 9.19. The van der Waals surface area contributed by atoms with Gasteiger partial charge in [0.15, 0.2) is 11.6 Å². The molecular formula is C24H27F3IN3O5. The number of halogens is 4. The third-order valence-corrected chi connectivity index (χ3v) is 6.62.